The number of amides is 1. The second-order valence-electron chi connectivity index (χ2n) is 8.20. The van der Waals surface area contributed by atoms with Gasteiger partial charge in [-0.05, 0) is 84.8 Å². The standard InChI is InChI=1S/C18H35N3O2/c1-18(2,3)23-17(22)21(4)16-7-5-15(6-8-16)20-13-14-9-11-19-12-10-14/h14-16,19-20H,5-13H2,1-4H3. The number of hydrogen-bond acceptors (Lipinski definition) is 4. The maximum Gasteiger partial charge on any atom is 0.410 e. The van der Waals surface area contributed by atoms with Crippen molar-refractivity contribution in [2.75, 3.05) is 26.7 Å². The SMILES string of the molecule is CN(C(=O)OC(C)(C)C)C1CCC(NCC2CCNCC2)CC1. The number of ether oxygens (including phenoxy) is 1. The number of carbonyl (C=O) groups excluding carboxylic acids is 1. The fourth-order valence-electron chi connectivity index (χ4n) is 3.57. The van der Waals surface area contributed by atoms with Crippen LogP contribution in [-0.2, 0) is 4.74 Å². The molecule has 0 radical (unpaired) electrons. The van der Waals surface area contributed by atoms with E-state index in [0.29, 0.717) is 12.1 Å². The maximum atomic E-state index is 12.2. The van der Waals surface area contributed by atoms with Gasteiger partial charge in [0.05, 0.1) is 0 Å². The Morgan fingerprint density at radius 2 is 1.74 bits per heavy atom. The predicted octanol–water partition coefficient (Wildman–Crippen LogP) is 2.75. The van der Waals surface area contributed by atoms with Crippen LogP contribution in [0.2, 0.25) is 0 Å². The first-order valence-corrected chi connectivity index (χ1v) is 9.25. The van der Waals surface area contributed by atoms with E-state index in [1.165, 1.54) is 25.9 Å². The van der Waals surface area contributed by atoms with Crippen LogP contribution in [0.15, 0.2) is 0 Å². The number of rotatable bonds is 4. The second kappa shape index (κ2) is 8.34. The second-order valence-corrected chi connectivity index (χ2v) is 8.20. The molecule has 2 aliphatic rings. The van der Waals surface area contributed by atoms with Crippen molar-refractivity contribution in [2.45, 2.75) is 77.0 Å². The van der Waals surface area contributed by atoms with Crippen molar-refractivity contribution in [3.05, 3.63) is 0 Å². The molecule has 1 amide bonds. The molecule has 23 heavy (non-hydrogen) atoms. The minimum absolute atomic E-state index is 0.191. The molecule has 0 atom stereocenters. The van der Waals surface area contributed by atoms with E-state index in [1.54, 1.807) is 4.90 Å². The zero-order valence-corrected chi connectivity index (χ0v) is 15.4. The average Bonchev–Trinajstić information content (AvgIpc) is 2.52. The first-order valence-electron chi connectivity index (χ1n) is 9.25. The molecule has 0 aromatic carbocycles. The lowest BCUT2D eigenvalue weighted by Crippen LogP contribution is -2.46. The summed E-state index contributed by atoms with van der Waals surface area (Å²) in [4.78, 5) is 14.0. The van der Waals surface area contributed by atoms with Crippen molar-refractivity contribution < 1.29 is 9.53 Å². The maximum absolute atomic E-state index is 12.2. The van der Waals surface area contributed by atoms with Gasteiger partial charge in [0, 0.05) is 19.1 Å². The summed E-state index contributed by atoms with van der Waals surface area (Å²) >= 11 is 0. The van der Waals surface area contributed by atoms with Gasteiger partial charge in [-0.1, -0.05) is 0 Å². The van der Waals surface area contributed by atoms with E-state index in [2.05, 4.69) is 10.6 Å². The molecular formula is C18H35N3O2. The molecule has 0 aromatic rings. The van der Waals surface area contributed by atoms with Gasteiger partial charge in [-0.25, -0.2) is 4.79 Å². The molecular weight excluding hydrogens is 290 g/mol. The summed E-state index contributed by atoms with van der Waals surface area (Å²) in [6, 6.07) is 0.940. The lowest BCUT2D eigenvalue weighted by Gasteiger charge is -2.36. The molecule has 5 heteroatoms. The molecule has 0 unspecified atom stereocenters. The minimum atomic E-state index is -0.418. The minimum Gasteiger partial charge on any atom is -0.444 e. The van der Waals surface area contributed by atoms with Crippen LogP contribution in [0.1, 0.15) is 59.3 Å². The molecule has 1 heterocycles. The van der Waals surface area contributed by atoms with Crippen molar-refractivity contribution in [1.82, 2.24) is 15.5 Å². The van der Waals surface area contributed by atoms with Gasteiger partial charge >= 0.3 is 6.09 Å². The van der Waals surface area contributed by atoms with Crippen LogP contribution >= 0.6 is 0 Å². The summed E-state index contributed by atoms with van der Waals surface area (Å²) in [5.74, 6) is 0.832. The normalized spacial score (nSPS) is 26.8. The lowest BCUT2D eigenvalue weighted by molar-refractivity contribution is 0.0179. The summed E-state index contributed by atoms with van der Waals surface area (Å²) in [5, 5.41) is 7.18. The topological polar surface area (TPSA) is 53.6 Å². The van der Waals surface area contributed by atoms with E-state index < -0.39 is 5.60 Å². The van der Waals surface area contributed by atoms with E-state index in [9.17, 15) is 4.79 Å². The molecule has 0 aromatic heterocycles. The van der Waals surface area contributed by atoms with E-state index in [-0.39, 0.29) is 6.09 Å². The Labute approximate surface area is 141 Å². The number of carbonyl (C=O) groups is 1. The Morgan fingerprint density at radius 3 is 2.30 bits per heavy atom. The zero-order valence-electron chi connectivity index (χ0n) is 15.4. The first kappa shape index (κ1) is 18.5. The largest absolute Gasteiger partial charge is 0.444 e. The number of piperidine rings is 1. The number of hydrogen-bond donors (Lipinski definition) is 2. The van der Waals surface area contributed by atoms with Crippen molar-refractivity contribution in [3.8, 4) is 0 Å². The third kappa shape index (κ3) is 6.30. The van der Waals surface area contributed by atoms with Crippen LogP contribution < -0.4 is 10.6 Å². The highest BCUT2D eigenvalue weighted by Crippen LogP contribution is 2.24. The van der Waals surface area contributed by atoms with Crippen LogP contribution in [0.25, 0.3) is 0 Å². The summed E-state index contributed by atoms with van der Waals surface area (Å²) in [6.07, 6.45) is 6.85. The van der Waals surface area contributed by atoms with Gasteiger partial charge in [-0.2, -0.15) is 0 Å². The van der Waals surface area contributed by atoms with Crippen LogP contribution in [0.3, 0.4) is 0 Å². The molecule has 0 spiro atoms. The summed E-state index contributed by atoms with van der Waals surface area (Å²) in [7, 11) is 1.88. The molecule has 2 fully saturated rings. The monoisotopic (exact) mass is 325 g/mol. The van der Waals surface area contributed by atoms with Gasteiger partial charge in [0.25, 0.3) is 0 Å². The Hall–Kier alpha value is -0.810. The molecule has 2 N–H and O–H groups in total. The Morgan fingerprint density at radius 1 is 1.13 bits per heavy atom. The first-order chi connectivity index (χ1) is 10.8. The molecule has 1 saturated heterocycles. The highest BCUT2D eigenvalue weighted by Gasteiger charge is 2.29. The van der Waals surface area contributed by atoms with E-state index >= 15 is 0 Å². The third-order valence-corrected chi connectivity index (χ3v) is 5.08. The van der Waals surface area contributed by atoms with Gasteiger partial charge in [0.1, 0.15) is 5.60 Å². The quantitative estimate of drug-likeness (QED) is 0.834. The Bertz CT molecular complexity index is 367. The highest BCUT2D eigenvalue weighted by molar-refractivity contribution is 5.68. The molecule has 1 aliphatic carbocycles. The van der Waals surface area contributed by atoms with E-state index in [1.807, 2.05) is 27.8 Å². The molecule has 0 bridgehead atoms. The van der Waals surface area contributed by atoms with Crippen molar-refractivity contribution in [3.63, 3.8) is 0 Å². The number of nitrogens with zero attached hydrogens (tertiary/aromatic N) is 1. The fourth-order valence-corrected chi connectivity index (χ4v) is 3.57. The summed E-state index contributed by atoms with van der Waals surface area (Å²) in [5.41, 5.74) is -0.418. The van der Waals surface area contributed by atoms with Crippen LogP contribution in [0.4, 0.5) is 4.79 Å². The Balaban J connectivity index is 1.67. The van der Waals surface area contributed by atoms with Gasteiger partial charge in [0.15, 0.2) is 0 Å². The van der Waals surface area contributed by atoms with Crippen molar-refractivity contribution >= 4 is 6.09 Å². The summed E-state index contributed by atoms with van der Waals surface area (Å²) in [6.45, 7) is 9.24. The fraction of sp³-hybridized carbons (Fsp3) is 0.944. The lowest BCUT2D eigenvalue weighted by atomic mass is 9.89. The molecule has 1 aliphatic heterocycles. The zero-order chi connectivity index (χ0) is 16.9. The predicted molar refractivity (Wildman–Crippen MR) is 93.6 cm³/mol. The van der Waals surface area contributed by atoms with E-state index in [0.717, 1.165) is 38.1 Å². The number of nitrogens with one attached hydrogen (secondary N) is 2. The van der Waals surface area contributed by atoms with Crippen molar-refractivity contribution in [1.29, 1.82) is 0 Å². The van der Waals surface area contributed by atoms with Gasteiger partial charge in [-0.3, -0.25) is 0 Å². The van der Waals surface area contributed by atoms with Gasteiger partial charge in [0.2, 0.25) is 0 Å². The molecule has 134 valence electrons. The van der Waals surface area contributed by atoms with Crippen molar-refractivity contribution in [2.24, 2.45) is 5.92 Å². The molecule has 1 saturated carbocycles. The van der Waals surface area contributed by atoms with Gasteiger partial charge in [-0.15, -0.1) is 0 Å². The Kier molecular flexibility index (Phi) is 6.72. The van der Waals surface area contributed by atoms with E-state index in [4.69, 9.17) is 4.74 Å². The van der Waals surface area contributed by atoms with Crippen LogP contribution in [0, 0.1) is 5.92 Å². The summed E-state index contributed by atoms with van der Waals surface area (Å²) < 4.78 is 5.47. The highest BCUT2D eigenvalue weighted by atomic mass is 16.6. The third-order valence-electron chi connectivity index (χ3n) is 5.08. The van der Waals surface area contributed by atoms with Gasteiger partial charge < -0.3 is 20.3 Å². The molecule has 2 rings (SSSR count). The van der Waals surface area contributed by atoms with Crippen LogP contribution in [0.5, 0.6) is 0 Å². The smallest absolute Gasteiger partial charge is 0.410 e. The molecule has 5 nitrogen and oxygen atoms in total. The van der Waals surface area contributed by atoms with Crippen LogP contribution in [-0.4, -0.2) is 55.4 Å². The average molecular weight is 325 g/mol.